The molecule has 29 heavy (non-hydrogen) atoms. The maximum atomic E-state index is 12.7. The van der Waals surface area contributed by atoms with Crippen molar-refractivity contribution < 1.29 is 9.90 Å². The van der Waals surface area contributed by atoms with Crippen LogP contribution >= 0.6 is 11.9 Å². The highest BCUT2D eigenvalue weighted by atomic mass is 32.2. The molecule has 154 valence electrons. The van der Waals surface area contributed by atoms with Crippen LogP contribution in [0.4, 0.5) is 0 Å². The predicted molar refractivity (Wildman–Crippen MR) is 118 cm³/mol. The van der Waals surface area contributed by atoms with E-state index in [1.807, 2.05) is 36.4 Å². The van der Waals surface area contributed by atoms with Crippen LogP contribution in [-0.4, -0.2) is 52.3 Å². The van der Waals surface area contributed by atoms with Crippen LogP contribution in [0, 0.1) is 5.92 Å². The first-order chi connectivity index (χ1) is 14.1. The molecule has 5 heteroatoms. The Morgan fingerprint density at radius 2 is 1.62 bits per heavy atom. The van der Waals surface area contributed by atoms with E-state index in [0.717, 1.165) is 23.9 Å². The van der Waals surface area contributed by atoms with Crippen LogP contribution in [0.3, 0.4) is 0 Å². The van der Waals surface area contributed by atoms with Gasteiger partial charge in [0.05, 0.1) is 4.90 Å². The number of hydrogen-bond donors (Lipinski definition) is 1. The maximum absolute atomic E-state index is 12.7. The van der Waals surface area contributed by atoms with Crippen LogP contribution in [0.25, 0.3) is 0 Å². The lowest BCUT2D eigenvalue weighted by Crippen LogP contribution is -2.46. The molecule has 0 radical (unpaired) electrons. The van der Waals surface area contributed by atoms with E-state index in [0.29, 0.717) is 17.2 Å². The van der Waals surface area contributed by atoms with E-state index in [-0.39, 0.29) is 11.5 Å². The number of likely N-dealkylation sites (tertiary alicyclic amines) is 1. The lowest BCUT2D eigenvalue weighted by Gasteiger charge is -2.41. The second-order valence-corrected chi connectivity index (χ2v) is 9.49. The fourth-order valence-electron chi connectivity index (χ4n) is 4.32. The quantitative estimate of drug-likeness (QED) is 0.565. The van der Waals surface area contributed by atoms with E-state index in [2.05, 4.69) is 16.1 Å². The van der Waals surface area contributed by atoms with Gasteiger partial charge in [-0.15, -0.1) is 0 Å². The molecular formula is C24H30N2O2S. The van der Waals surface area contributed by atoms with Crippen LogP contribution in [0.5, 0.6) is 5.75 Å². The Kier molecular flexibility index (Phi) is 6.58. The van der Waals surface area contributed by atoms with Gasteiger partial charge in [0.1, 0.15) is 5.75 Å². The Balaban J connectivity index is 1.37. The number of aromatic hydroxyl groups is 1. The molecule has 0 aromatic heterocycles. The molecule has 2 fully saturated rings. The van der Waals surface area contributed by atoms with Gasteiger partial charge in [-0.2, -0.15) is 0 Å². The second-order valence-electron chi connectivity index (χ2n) is 8.35. The van der Waals surface area contributed by atoms with Gasteiger partial charge in [0, 0.05) is 30.3 Å². The zero-order chi connectivity index (χ0) is 20.2. The summed E-state index contributed by atoms with van der Waals surface area (Å²) in [6, 6.07) is 15.2. The normalized spacial score (nSPS) is 20.0. The molecule has 4 rings (SSSR count). The number of hydrogen-bond acceptors (Lipinski definition) is 5. The summed E-state index contributed by atoms with van der Waals surface area (Å²) < 4.78 is 2.33. The molecule has 0 bridgehead atoms. The van der Waals surface area contributed by atoms with Gasteiger partial charge in [-0.25, -0.2) is 4.31 Å². The number of phenolic OH excluding ortho intramolecular Hbond substituents is 1. The van der Waals surface area contributed by atoms with Crippen molar-refractivity contribution in [1.82, 2.24) is 9.21 Å². The molecule has 1 N–H and O–H groups in total. The highest BCUT2D eigenvalue weighted by Crippen LogP contribution is 2.35. The largest absolute Gasteiger partial charge is 0.507 e. The first kappa shape index (κ1) is 20.5. The first-order valence-electron chi connectivity index (χ1n) is 10.7. The molecule has 2 saturated heterocycles. The minimum absolute atomic E-state index is 0.00881. The average molecular weight is 411 g/mol. The topological polar surface area (TPSA) is 43.8 Å². The average Bonchev–Trinajstić information content (AvgIpc) is 2.76. The number of carbonyl (C=O) groups is 1. The van der Waals surface area contributed by atoms with E-state index in [9.17, 15) is 9.90 Å². The van der Waals surface area contributed by atoms with Crippen molar-refractivity contribution >= 4 is 17.7 Å². The molecule has 0 saturated carbocycles. The molecule has 0 atom stereocenters. The minimum atomic E-state index is -0.00881. The number of ketones is 1. The number of nitrogens with zero attached hydrogens (tertiary/aromatic N) is 2. The predicted octanol–water partition coefficient (Wildman–Crippen LogP) is 4.83. The van der Waals surface area contributed by atoms with Crippen molar-refractivity contribution in [2.24, 2.45) is 5.92 Å². The molecule has 2 aliphatic rings. The van der Waals surface area contributed by atoms with Crippen molar-refractivity contribution in [3.63, 3.8) is 0 Å². The van der Waals surface area contributed by atoms with E-state index < -0.39 is 0 Å². The van der Waals surface area contributed by atoms with Crippen LogP contribution in [0.1, 0.15) is 48.5 Å². The highest BCUT2D eigenvalue weighted by Gasteiger charge is 2.27. The molecule has 2 aromatic rings. The van der Waals surface area contributed by atoms with Gasteiger partial charge in [0.25, 0.3) is 0 Å². The van der Waals surface area contributed by atoms with Gasteiger partial charge < -0.3 is 10.0 Å². The number of rotatable bonds is 5. The van der Waals surface area contributed by atoms with Crippen molar-refractivity contribution in [3.8, 4) is 5.75 Å². The number of carbonyl (C=O) groups excluding carboxylic acids is 1. The summed E-state index contributed by atoms with van der Waals surface area (Å²) in [6.45, 7) is 6.86. The monoisotopic (exact) mass is 410 g/mol. The molecule has 2 aromatic carbocycles. The Morgan fingerprint density at radius 3 is 2.31 bits per heavy atom. The number of piperidine rings is 2. The van der Waals surface area contributed by atoms with Crippen LogP contribution < -0.4 is 0 Å². The van der Waals surface area contributed by atoms with Crippen LogP contribution in [0.15, 0.2) is 53.4 Å². The Morgan fingerprint density at radius 1 is 0.931 bits per heavy atom. The summed E-state index contributed by atoms with van der Waals surface area (Å²) in [5.41, 5.74) is 1.29. The van der Waals surface area contributed by atoms with Crippen molar-refractivity contribution in [3.05, 3.63) is 59.7 Å². The highest BCUT2D eigenvalue weighted by molar-refractivity contribution is 7.97. The Labute approximate surface area is 178 Å². The molecule has 0 unspecified atom stereocenters. The standard InChI is InChI=1S/C24H30N2O2S/c1-18-9-13-25(14-10-18)21-11-15-26(16-12-21)29-23-17-20(7-8-22(23)27)24(28)19-5-3-2-4-6-19/h2-8,17-18,21,27H,9-16H2,1H3. The zero-order valence-corrected chi connectivity index (χ0v) is 17.9. The summed E-state index contributed by atoms with van der Waals surface area (Å²) in [6.07, 6.45) is 4.99. The third-order valence-corrected chi connectivity index (χ3v) is 7.39. The number of benzene rings is 2. The van der Waals surface area contributed by atoms with Crippen molar-refractivity contribution in [2.45, 2.75) is 43.5 Å². The number of phenols is 1. The molecule has 4 nitrogen and oxygen atoms in total. The SMILES string of the molecule is CC1CCN(C2CCN(Sc3cc(C(=O)c4ccccc4)ccc3O)CC2)CC1. The summed E-state index contributed by atoms with van der Waals surface area (Å²) in [4.78, 5) is 16.2. The molecule has 2 aliphatic heterocycles. The third kappa shape index (κ3) is 5.03. The fourth-order valence-corrected chi connectivity index (χ4v) is 5.33. The van der Waals surface area contributed by atoms with E-state index in [4.69, 9.17) is 0 Å². The van der Waals surface area contributed by atoms with Gasteiger partial charge >= 0.3 is 0 Å². The van der Waals surface area contributed by atoms with Crippen molar-refractivity contribution in [2.75, 3.05) is 26.2 Å². The first-order valence-corrected chi connectivity index (χ1v) is 11.5. The molecule has 0 spiro atoms. The van der Waals surface area contributed by atoms with Gasteiger partial charge in [0.15, 0.2) is 5.78 Å². The maximum Gasteiger partial charge on any atom is 0.193 e. The molecular weight excluding hydrogens is 380 g/mol. The van der Waals surface area contributed by atoms with Gasteiger partial charge in [-0.3, -0.25) is 4.79 Å². The van der Waals surface area contributed by atoms with Crippen LogP contribution in [-0.2, 0) is 0 Å². The lowest BCUT2D eigenvalue weighted by molar-refractivity contribution is 0.103. The Bertz CT molecular complexity index is 826. The van der Waals surface area contributed by atoms with E-state index in [1.54, 1.807) is 24.1 Å². The van der Waals surface area contributed by atoms with Gasteiger partial charge in [0.2, 0.25) is 0 Å². The zero-order valence-electron chi connectivity index (χ0n) is 17.1. The third-order valence-electron chi connectivity index (χ3n) is 6.24. The van der Waals surface area contributed by atoms with Gasteiger partial charge in [-0.05, 0) is 74.8 Å². The summed E-state index contributed by atoms with van der Waals surface area (Å²) in [5.74, 6) is 1.10. The van der Waals surface area contributed by atoms with Crippen LogP contribution in [0.2, 0.25) is 0 Å². The molecule has 0 aliphatic carbocycles. The molecule has 0 amide bonds. The van der Waals surface area contributed by atoms with E-state index in [1.165, 1.54) is 38.8 Å². The lowest BCUT2D eigenvalue weighted by atomic mass is 9.95. The second kappa shape index (κ2) is 9.33. The molecule has 2 heterocycles. The fraction of sp³-hybridized carbons (Fsp3) is 0.458. The Hall–Kier alpha value is -1.82. The van der Waals surface area contributed by atoms with Crippen molar-refractivity contribution in [1.29, 1.82) is 0 Å². The summed E-state index contributed by atoms with van der Waals surface area (Å²) in [5, 5.41) is 10.3. The van der Waals surface area contributed by atoms with E-state index >= 15 is 0 Å². The smallest absolute Gasteiger partial charge is 0.193 e. The minimum Gasteiger partial charge on any atom is -0.507 e. The summed E-state index contributed by atoms with van der Waals surface area (Å²) in [7, 11) is 0. The van der Waals surface area contributed by atoms with Gasteiger partial charge in [-0.1, -0.05) is 37.3 Å². The summed E-state index contributed by atoms with van der Waals surface area (Å²) >= 11 is 1.58.